The molecule has 1 aliphatic rings. The SMILES string of the molecule is CC(C)(CNC(=O)c1ccc(-n2cncn2)cc1)N1CCCCC1. The summed E-state index contributed by atoms with van der Waals surface area (Å²) >= 11 is 0. The number of nitrogens with zero attached hydrogens (tertiary/aromatic N) is 4. The van der Waals surface area contributed by atoms with Gasteiger partial charge in [-0.15, -0.1) is 0 Å². The summed E-state index contributed by atoms with van der Waals surface area (Å²) in [4.78, 5) is 18.8. The van der Waals surface area contributed by atoms with E-state index in [1.165, 1.54) is 25.6 Å². The van der Waals surface area contributed by atoms with E-state index in [2.05, 4.69) is 34.1 Å². The molecule has 2 aromatic rings. The fourth-order valence-electron chi connectivity index (χ4n) is 3.12. The minimum Gasteiger partial charge on any atom is -0.350 e. The third-order valence-electron chi connectivity index (χ3n) is 4.71. The topological polar surface area (TPSA) is 63.1 Å². The molecule has 24 heavy (non-hydrogen) atoms. The highest BCUT2D eigenvalue weighted by Gasteiger charge is 2.28. The summed E-state index contributed by atoms with van der Waals surface area (Å²) in [6, 6.07) is 7.39. The Morgan fingerprint density at radius 1 is 1.17 bits per heavy atom. The van der Waals surface area contributed by atoms with Crippen LogP contribution in [0.1, 0.15) is 43.5 Å². The molecule has 0 saturated carbocycles. The van der Waals surface area contributed by atoms with E-state index < -0.39 is 0 Å². The molecule has 0 radical (unpaired) electrons. The lowest BCUT2D eigenvalue weighted by atomic mass is 9.98. The number of aromatic nitrogens is 3. The summed E-state index contributed by atoms with van der Waals surface area (Å²) in [5, 5.41) is 7.16. The van der Waals surface area contributed by atoms with Crippen LogP contribution < -0.4 is 5.32 Å². The summed E-state index contributed by atoms with van der Waals surface area (Å²) in [5.41, 5.74) is 1.53. The van der Waals surface area contributed by atoms with Gasteiger partial charge >= 0.3 is 0 Å². The second kappa shape index (κ2) is 7.13. The molecule has 6 nitrogen and oxygen atoms in total. The van der Waals surface area contributed by atoms with Gasteiger partial charge in [0.1, 0.15) is 12.7 Å². The van der Waals surface area contributed by atoms with Crippen molar-refractivity contribution in [3.8, 4) is 5.69 Å². The van der Waals surface area contributed by atoms with Crippen molar-refractivity contribution in [1.82, 2.24) is 25.0 Å². The molecule has 0 bridgehead atoms. The van der Waals surface area contributed by atoms with Crippen LogP contribution in [0.25, 0.3) is 5.69 Å². The smallest absolute Gasteiger partial charge is 0.251 e. The Labute approximate surface area is 142 Å². The van der Waals surface area contributed by atoms with E-state index in [1.54, 1.807) is 11.0 Å². The second-order valence-electron chi connectivity index (χ2n) is 6.93. The Bertz CT molecular complexity index is 657. The quantitative estimate of drug-likeness (QED) is 0.915. The fourth-order valence-corrected chi connectivity index (χ4v) is 3.12. The number of amides is 1. The zero-order chi connectivity index (χ0) is 17.0. The van der Waals surface area contributed by atoms with Gasteiger partial charge in [0.15, 0.2) is 0 Å². The Morgan fingerprint density at radius 2 is 1.88 bits per heavy atom. The summed E-state index contributed by atoms with van der Waals surface area (Å²) < 4.78 is 1.67. The molecule has 0 aliphatic carbocycles. The number of carbonyl (C=O) groups is 1. The Kier molecular flexibility index (Phi) is 4.94. The lowest BCUT2D eigenvalue weighted by Crippen LogP contribution is -2.53. The average molecular weight is 327 g/mol. The molecule has 6 heteroatoms. The lowest BCUT2D eigenvalue weighted by Gasteiger charge is -2.41. The van der Waals surface area contributed by atoms with Gasteiger partial charge in [0.2, 0.25) is 0 Å². The van der Waals surface area contributed by atoms with E-state index in [9.17, 15) is 4.79 Å². The van der Waals surface area contributed by atoms with Gasteiger partial charge in [-0.1, -0.05) is 6.42 Å². The van der Waals surface area contributed by atoms with Gasteiger partial charge in [-0.25, -0.2) is 9.67 Å². The van der Waals surface area contributed by atoms with E-state index in [-0.39, 0.29) is 11.4 Å². The first-order chi connectivity index (χ1) is 11.6. The third kappa shape index (κ3) is 3.82. The summed E-state index contributed by atoms with van der Waals surface area (Å²) in [5.74, 6) is -0.0368. The zero-order valence-electron chi connectivity index (χ0n) is 14.4. The fraction of sp³-hybridized carbons (Fsp3) is 0.500. The van der Waals surface area contributed by atoms with Gasteiger partial charge in [0, 0.05) is 17.6 Å². The zero-order valence-corrected chi connectivity index (χ0v) is 14.4. The second-order valence-corrected chi connectivity index (χ2v) is 6.93. The van der Waals surface area contributed by atoms with Gasteiger partial charge < -0.3 is 5.32 Å². The molecule has 3 rings (SSSR count). The van der Waals surface area contributed by atoms with Crippen molar-refractivity contribution >= 4 is 5.91 Å². The van der Waals surface area contributed by atoms with E-state index in [4.69, 9.17) is 0 Å². The number of likely N-dealkylation sites (tertiary alicyclic amines) is 1. The molecular formula is C18H25N5O. The standard InChI is InChI=1S/C18H25N5O/c1-18(2,22-10-4-3-5-11-22)12-20-17(24)15-6-8-16(9-7-15)23-14-19-13-21-23/h6-9,13-14H,3-5,10-12H2,1-2H3,(H,20,24). The first-order valence-corrected chi connectivity index (χ1v) is 8.55. The van der Waals surface area contributed by atoms with Crippen LogP contribution in [0.3, 0.4) is 0 Å². The number of piperidine rings is 1. The normalized spacial score (nSPS) is 16.1. The highest BCUT2D eigenvalue weighted by atomic mass is 16.1. The average Bonchev–Trinajstić information content (AvgIpc) is 3.15. The van der Waals surface area contributed by atoms with Gasteiger partial charge in [0.25, 0.3) is 5.91 Å². The van der Waals surface area contributed by atoms with Crippen LogP contribution in [0.5, 0.6) is 0 Å². The number of carbonyl (C=O) groups excluding carboxylic acids is 1. The van der Waals surface area contributed by atoms with E-state index >= 15 is 0 Å². The molecule has 0 unspecified atom stereocenters. The minimum atomic E-state index is -0.0368. The van der Waals surface area contributed by atoms with Crippen LogP contribution in [0.15, 0.2) is 36.9 Å². The molecule has 1 saturated heterocycles. The number of rotatable bonds is 5. The first kappa shape index (κ1) is 16.6. The Morgan fingerprint density at radius 3 is 2.50 bits per heavy atom. The number of hydrogen-bond donors (Lipinski definition) is 1. The van der Waals surface area contributed by atoms with Crippen LogP contribution in [0, 0.1) is 0 Å². The van der Waals surface area contributed by atoms with Crippen LogP contribution in [0.2, 0.25) is 0 Å². The first-order valence-electron chi connectivity index (χ1n) is 8.55. The Balaban J connectivity index is 1.58. The van der Waals surface area contributed by atoms with Gasteiger partial charge in [-0.2, -0.15) is 5.10 Å². The molecule has 1 N–H and O–H groups in total. The summed E-state index contributed by atoms with van der Waals surface area (Å²) in [7, 11) is 0. The van der Waals surface area contributed by atoms with Crippen LogP contribution in [-0.2, 0) is 0 Å². The molecule has 1 fully saturated rings. The van der Waals surface area contributed by atoms with Crippen molar-refractivity contribution in [1.29, 1.82) is 0 Å². The number of nitrogens with one attached hydrogen (secondary N) is 1. The highest BCUT2D eigenvalue weighted by molar-refractivity contribution is 5.94. The summed E-state index contributed by atoms with van der Waals surface area (Å²) in [6.45, 7) is 7.29. The summed E-state index contributed by atoms with van der Waals surface area (Å²) in [6.07, 6.45) is 6.94. The maximum absolute atomic E-state index is 12.4. The van der Waals surface area contributed by atoms with Crippen LogP contribution in [-0.4, -0.2) is 50.7 Å². The van der Waals surface area contributed by atoms with Gasteiger partial charge in [-0.05, 0) is 64.0 Å². The minimum absolute atomic E-state index is 0.0171. The predicted molar refractivity (Wildman–Crippen MR) is 93.2 cm³/mol. The van der Waals surface area contributed by atoms with Crippen molar-refractivity contribution in [2.45, 2.75) is 38.6 Å². The van der Waals surface area contributed by atoms with Gasteiger partial charge in [0.05, 0.1) is 5.69 Å². The Hall–Kier alpha value is -2.21. The maximum Gasteiger partial charge on any atom is 0.251 e. The monoisotopic (exact) mass is 327 g/mol. The van der Waals surface area contributed by atoms with Crippen molar-refractivity contribution < 1.29 is 4.79 Å². The molecule has 0 spiro atoms. The van der Waals surface area contributed by atoms with Crippen molar-refractivity contribution in [3.05, 3.63) is 42.5 Å². The number of hydrogen-bond acceptors (Lipinski definition) is 4. The molecule has 0 atom stereocenters. The van der Waals surface area contributed by atoms with Crippen LogP contribution >= 0.6 is 0 Å². The molecule has 1 aromatic carbocycles. The van der Waals surface area contributed by atoms with Crippen molar-refractivity contribution in [3.63, 3.8) is 0 Å². The molecule has 1 aliphatic heterocycles. The lowest BCUT2D eigenvalue weighted by molar-refractivity contribution is 0.0797. The van der Waals surface area contributed by atoms with Crippen LogP contribution in [0.4, 0.5) is 0 Å². The van der Waals surface area contributed by atoms with Crippen molar-refractivity contribution in [2.24, 2.45) is 0 Å². The molecule has 2 heterocycles. The molecule has 1 aromatic heterocycles. The largest absolute Gasteiger partial charge is 0.350 e. The predicted octanol–water partition coefficient (Wildman–Crippen LogP) is 2.26. The molecular weight excluding hydrogens is 302 g/mol. The van der Waals surface area contributed by atoms with Crippen molar-refractivity contribution in [2.75, 3.05) is 19.6 Å². The third-order valence-corrected chi connectivity index (χ3v) is 4.71. The molecule has 128 valence electrons. The highest BCUT2D eigenvalue weighted by Crippen LogP contribution is 2.20. The molecule has 1 amide bonds. The van der Waals surface area contributed by atoms with E-state index in [0.717, 1.165) is 18.8 Å². The maximum atomic E-state index is 12.4. The van der Waals surface area contributed by atoms with E-state index in [1.807, 2.05) is 24.3 Å². The van der Waals surface area contributed by atoms with Gasteiger partial charge in [-0.3, -0.25) is 9.69 Å². The number of benzene rings is 1. The van der Waals surface area contributed by atoms with E-state index in [0.29, 0.717) is 12.1 Å².